The predicted octanol–water partition coefficient (Wildman–Crippen LogP) is 3.21. The first kappa shape index (κ1) is 20.1. The van der Waals surface area contributed by atoms with E-state index in [9.17, 15) is 4.79 Å². The highest BCUT2D eigenvalue weighted by molar-refractivity contribution is 6.30. The molecule has 1 atom stereocenters. The summed E-state index contributed by atoms with van der Waals surface area (Å²) in [5.74, 6) is 1.22. The number of likely N-dealkylation sites (tertiary alicyclic amines) is 1. The van der Waals surface area contributed by atoms with Gasteiger partial charge < -0.3 is 21.3 Å². The first-order valence-electron chi connectivity index (χ1n) is 9.71. The Morgan fingerprint density at radius 2 is 2.07 bits per heavy atom. The number of halogens is 1. The van der Waals surface area contributed by atoms with Crippen molar-refractivity contribution >= 4 is 40.6 Å². The van der Waals surface area contributed by atoms with Gasteiger partial charge in [-0.1, -0.05) is 11.6 Å². The zero-order chi connectivity index (χ0) is 21.1. The summed E-state index contributed by atoms with van der Waals surface area (Å²) < 4.78 is 0. The van der Waals surface area contributed by atoms with Gasteiger partial charge in [0.05, 0.1) is 6.20 Å². The van der Waals surface area contributed by atoms with E-state index in [4.69, 9.17) is 17.3 Å². The van der Waals surface area contributed by atoms with Crippen molar-refractivity contribution in [3.8, 4) is 0 Å². The van der Waals surface area contributed by atoms with E-state index in [0.717, 1.165) is 24.2 Å². The molecule has 156 valence electrons. The Bertz CT molecular complexity index is 1040. The zero-order valence-electron chi connectivity index (χ0n) is 16.5. The lowest BCUT2D eigenvalue weighted by Crippen LogP contribution is -2.46. The molecule has 3 heterocycles. The Morgan fingerprint density at radius 1 is 1.27 bits per heavy atom. The van der Waals surface area contributed by atoms with Crippen molar-refractivity contribution in [2.75, 3.05) is 23.7 Å². The summed E-state index contributed by atoms with van der Waals surface area (Å²) in [6.07, 6.45) is 3.31. The van der Waals surface area contributed by atoms with E-state index < -0.39 is 0 Å². The Hall–Kier alpha value is -3.17. The molecule has 10 heteroatoms. The molecule has 30 heavy (non-hydrogen) atoms. The van der Waals surface area contributed by atoms with Crippen LogP contribution in [0.5, 0.6) is 0 Å². The number of aromatic amines is 1. The third kappa shape index (κ3) is 4.69. The fraction of sp³-hybridized carbons (Fsp3) is 0.300. The molecule has 0 unspecified atom stereocenters. The van der Waals surface area contributed by atoms with Gasteiger partial charge in [0.1, 0.15) is 0 Å². The third-order valence-corrected chi connectivity index (χ3v) is 5.04. The van der Waals surface area contributed by atoms with Crippen LogP contribution in [0.3, 0.4) is 0 Å². The maximum atomic E-state index is 13.2. The second kappa shape index (κ2) is 8.68. The van der Waals surface area contributed by atoms with Crippen LogP contribution in [-0.2, 0) is 0 Å². The number of amides is 1. The summed E-state index contributed by atoms with van der Waals surface area (Å²) >= 11 is 5.98. The van der Waals surface area contributed by atoms with E-state index >= 15 is 0 Å². The third-order valence-electron chi connectivity index (χ3n) is 4.79. The fourth-order valence-corrected chi connectivity index (χ4v) is 3.45. The molecule has 1 amide bonds. The molecule has 4 rings (SSSR count). The minimum atomic E-state index is -0.198. The number of nitrogens with two attached hydrogens (primary N) is 1. The smallest absolute Gasteiger partial charge is 0.276 e. The van der Waals surface area contributed by atoms with E-state index in [1.54, 1.807) is 17.0 Å². The van der Waals surface area contributed by atoms with Crippen molar-refractivity contribution in [2.24, 2.45) is 5.73 Å². The fourth-order valence-electron chi connectivity index (χ4n) is 3.32. The molecule has 3 aromatic rings. The maximum absolute atomic E-state index is 13.2. The zero-order valence-corrected chi connectivity index (χ0v) is 17.3. The molecule has 0 bridgehead atoms. The lowest BCUT2D eigenvalue weighted by Gasteiger charge is -2.30. The highest BCUT2D eigenvalue weighted by Crippen LogP contribution is 2.24. The van der Waals surface area contributed by atoms with Gasteiger partial charge >= 0.3 is 0 Å². The van der Waals surface area contributed by atoms with E-state index in [0.29, 0.717) is 35.6 Å². The first-order chi connectivity index (χ1) is 14.5. The Morgan fingerprint density at radius 3 is 2.77 bits per heavy atom. The van der Waals surface area contributed by atoms with E-state index in [1.165, 1.54) is 6.20 Å². The number of piperidine rings is 1. The van der Waals surface area contributed by atoms with Crippen LogP contribution >= 0.6 is 11.6 Å². The Labute approximate surface area is 179 Å². The summed E-state index contributed by atoms with van der Waals surface area (Å²) in [7, 11) is 0. The standard InChI is InChI=1S/C20H23ClN8O/c1-12-9-16(28-27-12)25-17-10-23-18(20(30)29-8-2-3-14(22)11-29)19(26-17)24-15-6-4-13(21)5-7-15/h4-7,9-10,14H,2-3,8,11,22H2,1H3,(H3,24,25,26,27,28)/t14-/m0/s1. The molecule has 0 radical (unpaired) electrons. The Kier molecular flexibility index (Phi) is 5.82. The molecule has 1 aromatic carbocycles. The molecule has 1 aliphatic rings. The molecule has 1 fully saturated rings. The SMILES string of the molecule is Cc1cc(Nc2cnc(C(=O)N3CCC[C@H](N)C3)c(Nc3ccc(Cl)cc3)n2)n[nH]1. The van der Waals surface area contributed by atoms with Crippen LogP contribution in [0.2, 0.25) is 5.02 Å². The van der Waals surface area contributed by atoms with Crippen molar-refractivity contribution in [2.45, 2.75) is 25.8 Å². The monoisotopic (exact) mass is 426 g/mol. The van der Waals surface area contributed by atoms with E-state index in [1.807, 2.05) is 25.1 Å². The molecule has 9 nitrogen and oxygen atoms in total. The van der Waals surface area contributed by atoms with Crippen LogP contribution in [-0.4, -0.2) is 50.1 Å². The summed E-state index contributed by atoms with van der Waals surface area (Å²) in [4.78, 5) is 23.9. The number of aryl methyl sites for hydroxylation is 1. The number of hydrogen-bond acceptors (Lipinski definition) is 7. The van der Waals surface area contributed by atoms with Gasteiger partial charge in [-0.2, -0.15) is 5.10 Å². The largest absolute Gasteiger partial charge is 0.338 e. The maximum Gasteiger partial charge on any atom is 0.276 e. The number of rotatable bonds is 5. The molecular weight excluding hydrogens is 404 g/mol. The second-order valence-corrected chi connectivity index (χ2v) is 7.74. The lowest BCUT2D eigenvalue weighted by atomic mass is 10.1. The average Bonchev–Trinajstić information content (AvgIpc) is 3.14. The highest BCUT2D eigenvalue weighted by atomic mass is 35.5. The number of nitrogens with one attached hydrogen (secondary N) is 3. The minimum absolute atomic E-state index is 0.0211. The van der Waals surface area contributed by atoms with Gasteiger partial charge in [0.25, 0.3) is 5.91 Å². The molecule has 5 N–H and O–H groups in total. The Balaban J connectivity index is 1.64. The highest BCUT2D eigenvalue weighted by Gasteiger charge is 2.26. The van der Waals surface area contributed by atoms with Crippen molar-refractivity contribution in [3.05, 3.63) is 52.9 Å². The summed E-state index contributed by atoms with van der Waals surface area (Å²) in [6.45, 7) is 3.07. The molecule has 0 aliphatic carbocycles. The minimum Gasteiger partial charge on any atom is -0.338 e. The summed E-state index contributed by atoms with van der Waals surface area (Å²) in [5.41, 5.74) is 7.95. The van der Waals surface area contributed by atoms with Crippen LogP contribution in [0.15, 0.2) is 36.5 Å². The number of anilines is 4. The second-order valence-electron chi connectivity index (χ2n) is 7.30. The number of H-pyrrole nitrogens is 1. The first-order valence-corrected chi connectivity index (χ1v) is 10.1. The molecule has 2 aromatic heterocycles. The van der Waals surface area contributed by atoms with Gasteiger partial charge in [-0.05, 0) is 44.0 Å². The molecule has 1 aliphatic heterocycles. The number of nitrogens with zero attached hydrogens (tertiary/aromatic N) is 4. The number of hydrogen-bond donors (Lipinski definition) is 4. The van der Waals surface area contributed by atoms with Gasteiger partial charge in [-0.15, -0.1) is 0 Å². The topological polar surface area (TPSA) is 125 Å². The van der Waals surface area contributed by atoms with Crippen molar-refractivity contribution in [3.63, 3.8) is 0 Å². The van der Waals surface area contributed by atoms with Gasteiger partial charge in [0, 0.05) is 41.6 Å². The normalized spacial score (nSPS) is 16.4. The molecule has 1 saturated heterocycles. The molecular formula is C20H23ClN8O. The lowest BCUT2D eigenvalue weighted by molar-refractivity contribution is 0.0703. The van der Waals surface area contributed by atoms with Gasteiger partial charge in [-0.25, -0.2) is 9.97 Å². The van der Waals surface area contributed by atoms with Crippen LogP contribution in [0.25, 0.3) is 0 Å². The van der Waals surface area contributed by atoms with E-state index in [2.05, 4.69) is 30.8 Å². The van der Waals surface area contributed by atoms with Gasteiger partial charge in [0.2, 0.25) is 0 Å². The van der Waals surface area contributed by atoms with Crippen molar-refractivity contribution < 1.29 is 4.79 Å². The van der Waals surface area contributed by atoms with Crippen LogP contribution < -0.4 is 16.4 Å². The van der Waals surface area contributed by atoms with Crippen LogP contribution in [0.1, 0.15) is 29.0 Å². The van der Waals surface area contributed by atoms with Crippen LogP contribution in [0.4, 0.5) is 23.1 Å². The average molecular weight is 427 g/mol. The van der Waals surface area contributed by atoms with E-state index in [-0.39, 0.29) is 17.6 Å². The van der Waals surface area contributed by atoms with Gasteiger partial charge in [0.15, 0.2) is 23.1 Å². The quantitative estimate of drug-likeness (QED) is 0.493. The predicted molar refractivity (Wildman–Crippen MR) is 116 cm³/mol. The van der Waals surface area contributed by atoms with Gasteiger partial charge in [-0.3, -0.25) is 9.89 Å². The summed E-state index contributed by atoms with van der Waals surface area (Å²) in [6, 6.07) is 8.97. The number of benzene rings is 1. The number of aromatic nitrogens is 4. The van der Waals surface area contributed by atoms with Crippen LogP contribution in [0, 0.1) is 6.92 Å². The summed E-state index contributed by atoms with van der Waals surface area (Å²) in [5, 5.41) is 13.9. The molecule has 0 spiro atoms. The number of carbonyl (C=O) groups excluding carboxylic acids is 1. The van der Waals surface area contributed by atoms with Crippen molar-refractivity contribution in [1.82, 2.24) is 25.1 Å². The molecule has 0 saturated carbocycles. The van der Waals surface area contributed by atoms with Crippen molar-refractivity contribution in [1.29, 1.82) is 0 Å². The number of carbonyl (C=O) groups is 1.